The Bertz CT molecular complexity index is 872. The van der Waals surface area contributed by atoms with Crippen LogP contribution in [0.25, 0.3) is 16.9 Å². The van der Waals surface area contributed by atoms with Crippen molar-refractivity contribution in [3.8, 4) is 17.1 Å². The van der Waals surface area contributed by atoms with Crippen LogP contribution in [0.2, 0.25) is 0 Å². The molecule has 1 N–H and O–H groups in total. The Labute approximate surface area is 133 Å². The van der Waals surface area contributed by atoms with Crippen LogP contribution in [-0.4, -0.2) is 32.8 Å². The molecule has 118 valence electrons. The van der Waals surface area contributed by atoms with Gasteiger partial charge in [0.1, 0.15) is 0 Å². The molecule has 0 radical (unpaired) electrons. The van der Waals surface area contributed by atoms with E-state index in [1.54, 1.807) is 19.9 Å². The molecule has 2 aromatic heterocycles. The molecule has 0 aliphatic rings. The Kier molecular flexibility index (Phi) is 3.73. The number of aromatic nitrogens is 3. The van der Waals surface area contributed by atoms with Crippen molar-refractivity contribution >= 4 is 11.6 Å². The Morgan fingerprint density at radius 2 is 2.00 bits per heavy atom. The highest BCUT2D eigenvalue weighted by Crippen LogP contribution is 2.31. The highest BCUT2D eigenvalue weighted by molar-refractivity contribution is 5.79. The molecular formula is C17H17N3O3. The molecule has 3 aromatic rings. The Morgan fingerprint density at radius 3 is 2.65 bits per heavy atom. The normalized spacial score (nSPS) is 12.3. The molecule has 23 heavy (non-hydrogen) atoms. The number of carbonyl (C=O) groups is 1. The lowest BCUT2D eigenvalue weighted by molar-refractivity contribution is -0.142. The number of hydrogen-bond acceptors (Lipinski definition) is 5. The Balaban J connectivity index is 2.17. The lowest BCUT2D eigenvalue weighted by Gasteiger charge is -2.14. The minimum absolute atomic E-state index is 0.0902. The molecule has 0 saturated heterocycles. The van der Waals surface area contributed by atoms with Crippen molar-refractivity contribution in [1.82, 2.24) is 14.6 Å². The molecule has 3 rings (SSSR count). The zero-order valence-corrected chi connectivity index (χ0v) is 13.1. The minimum Gasteiger partial charge on any atom is -0.493 e. The first kappa shape index (κ1) is 15.0. The molecule has 0 saturated carbocycles. The van der Waals surface area contributed by atoms with Gasteiger partial charge in [-0.25, -0.2) is 4.98 Å². The third-order valence-electron chi connectivity index (χ3n) is 3.86. The van der Waals surface area contributed by atoms with Gasteiger partial charge in [0, 0.05) is 22.9 Å². The van der Waals surface area contributed by atoms with Gasteiger partial charge in [0.05, 0.1) is 18.7 Å². The number of aryl methyl sites for hydroxylation is 1. The van der Waals surface area contributed by atoms with Crippen molar-refractivity contribution < 1.29 is 14.6 Å². The predicted octanol–water partition coefficient (Wildman–Crippen LogP) is 2.69. The maximum Gasteiger partial charge on any atom is 0.313 e. The molecule has 2 heterocycles. The third kappa shape index (κ3) is 2.52. The third-order valence-corrected chi connectivity index (χ3v) is 3.86. The molecular weight excluding hydrogens is 294 g/mol. The van der Waals surface area contributed by atoms with Gasteiger partial charge in [-0.05, 0) is 13.8 Å². The zero-order chi connectivity index (χ0) is 16.6. The summed E-state index contributed by atoms with van der Waals surface area (Å²) in [5, 5.41) is 15.0. The van der Waals surface area contributed by atoms with Crippen LogP contribution in [0.3, 0.4) is 0 Å². The zero-order valence-electron chi connectivity index (χ0n) is 13.1. The number of benzene rings is 1. The molecule has 1 aromatic carbocycles. The summed E-state index contributed by atoms with van der Waals surface area (Å²) in [4.78, 5) is 16.2. The lowest BCUT2D eigenvalue weighted by Crippen LogP contribution is -2.14. The summed E-state index contributed by atoms with van der Waals surface area (Å²) in [6, 6.07) is 11.4. The van der Waals surface area contributed by atoms with E-state index in [1.807, 2.05) is 30.3 Å². The van der Waals surface area contributed by atoms with Crippen molar-refractivity contribution in [1.29, 1.82) is 0 Å². The van der Waals surface area contributed by atoms with Gasteiger partial charge in [0.15, 0.2) is 5.65 Å². The molecule has 6 heteroatoms. The summed E-state index contributed by atoms with van der Waals surface area (Å²) >= 11 is 0. The first-order chi connectivity index (χ1) is 11.0. The van der Waals surface area contributed by atoms with Gasteiger partial charge in [0.2, 0.25) is 5.88 Å². The van der Waals surface area contributed by atoms with E-state index in [9.17, 15) is 9.90 Å². The fourth-order valence-corrected chi connectivity index (χ4v) is 2.67. The fourth-order valence-electron chi connectivity index (χ4n) is 2.67. The number of methoxy groups -OCH3 is 1. The van der Waals surface area contributed by atoms with Gasteiger partial charge in [0.25, 0.3) is 0 Å². The molecule has 6 nitrogen and oxygen atoms in total. The summed E-state index contributed by atoms with van der Waals surface area (Å²) < 4.78 is 6.11. The topological polar surface area (TPSA) is 76.7 Å². The molecule has 0 bridgehead atoms. The maximum absolute atomic E-state index is 11.8. The summed E-state index contributed by atoms with van der Waals surface area (Å²) in [6.07, 6.45) is 0. The predicted molar refractivity (Wildman–Crippen MR) is 85.3 cm³/mol. The average Bonchev–Trinajstić information content (AvgIpc) is 2.99. The quantitative estimate of drug-likeness (QED) is 0.753. The number of ether oxygens (including phenoxy) is 1. The van der Waals surface area contributed by atoms with Gasteiger partial charge in [-0.3, -0.25) is 4.79 Å². The molecule has 0 fully saturated rings. The number of hydrogen-bond donors (Lipinski definition) is 1. The second-order valence-corrected chi connectivity index (χ2v) is 5.34. The molecule has 0 aliphatic heterocycles. The van der Waals surface area contributed by atoms with Crippen molar-refractivity contribution in [2.45, 2.75) is 19.8 Å². The van der Waals surface area contributed by atoms with E-state index in [4.69, 9.17) is 4.74 Å². The van der Waals surface area contributed by atoms with Crippen LogP contribution in [0.5, 0.6) is 5.88 Å². The van der Waals surface area contributed by atoms with E-state index in [2.05, 4.69) is 10.1 Å². The van der Waals surface area contributed by atoms with Crippen LogP contribution in [0.1, 0.15) is 24.1 Å². The van der Waals surface area contributed by atoms with Crippen LogP contribution in [-0.2, 0) is 9.53 Å². The molecule has 0 aliphatic carbocycles. The highest BCUT2D eigenvalue weighted by atomic mass is 16.5. The van der Waals surface area contributed by atoms with E-state index in [1.165, 1.54) is 11.6 Å². The van der Waals surface area contributed by atoms with Crippen LogP contribution in [0.4, 0.5) is 0 Å². The van der Waals surface area contributed by atoms with Crippen molar-refractivity contribution in [2.24, 2.45) is 0 Å². The van der Waals surface area contributed by atoms with E-state index in [0.717, 1.165) is 5.56 Å². The summed E-state index contributed by atoms with van der Waals surface area (Å²) in [5.74, 6) is -1.14. The number of carbonyl (C=O) groups excluding carboxylic acids is 1. The van der Waals surface area contributed by atoms with Crippen LogP contribution in [0, 0.1) is 6.92 Å². The van der Waals surface area contributed by atoms with Crippen molar-refractivity contribution in [3.63, 3.8) is 0 Å². The number of esters is 1. The van der Waals surface area contributed by atoms with E-state index in [0.29, 0.717) is 22.6 Å². The Morgan fingerprint density at radius 1 is 1.30 bits per heavy atom. The first-order valence-corrected chi connectivity index (χ1v) is 7.25. The molecule has 1 unspecified atom stereocenters. The molecule has 0 amide bonds. The first-order valence-electron chi connectivity index (χ1n) is 7.25. The number of aromatic hydroxyl groups is 1. The van der Waals surface area contributed by atoms with Crippen LogP contribution < -0.4 is 0 Å². The minimum atomic E-state index is -0.624. The van der Waals surface area contributed by atoms with E-state index in [-0.39, 0.29) is 5.88 Å². The van der Waals surface area contributed by atoms with Gasteiger partial charge in [-0.15, -0.1) is 0 Å². The SMILES string of the molecule is COC(=O)C(C)c1c(C)nc2cc(-c3ccccc3)nn2c1O. The van der Waals surface area contributed by atoms with Crippen LogP contribution in [0.15, 0.2) is 36.4 Å². The van der Waals surface area contributed by atoms with E-state index < -0.39 is 11.9 Å². The summed E-state index contributed by atoms with van der Waals surface area (Å²) in [6.45, 7) is 3.42. The van der Waals surface area contributed by atoms with Gasteiger partial charge in [-0.2, -0.15) is 9.61 Å². The fraction of sp³-hybridized carbons (Fsp3) is 0.235. The van der Waals surface area contributed by atoms with Gasteiger partial charge in [-0.1, -0.05) is 30.3 Å². The second kappa shape index (κ2) is 5.72. The number of nitrogens with zero attached hydrogens (tertiary/aromatic N) is 3. The van der Waals surface area contributed by atoms with Gasteiger partial charge < -0.3 is 9.84 Å². The van der Waals surface area contributed by atoms with Gasteiger partial charge >= 0.3 is 5.97 Å². The smallest absolute Gasteiger partial charge is 0.313 e. The maximum atomic E-state index is 11.8. The molecule has 1 atom stereocenters. The largest absolute Gasteiger partial charge is 0.493 e. The van der Waals surface area contributed by atoms with Crippen molar-refractivity contribution in [2.75, 3.05) is 7.11 Å². The van der Waals surface area contributed by atoms with E-state index >= 15 is 0 Å². The monoisotopic (exact) mass is 311 g/mol. The number of rotatable bonds is 3. The lowest BCUT2D eigenvalue weighted by atomic mass is 10.0. The average molecular weight is 311 g/mol. The standard InChI is InChI=1S/C17H17N3O3/c1-10(17(22)23-3)15-11(2)18-14-9-13(19-20(14)16(15)21)12-7-5-4-6-8-12/h4-10,21H,1-3H3. The highest BCUT2D eigenvalue weighted by Gasteiger charge is 2.25. The second-order valence-electron chi connectivity index (χ2n) is 5.34. The summed E-state index contributed by atoms with van der Waals surface area (Å²) in [5.41, 5.74) is 3.16. The van der Waals surface area contributed by atoms with Crippen molar-refractivity contribution in [3.05, 3.63) is 47.7 Å². The Hall–Kier alpha value is -2.89. The molecule has 0 spiro atoms. The van der Waals surface area contributed by atoms with Crippen LogP contribution >= 0.6 is 0 Å². The summed E-state index contributed by atoms with van der Waals surface area (Å²) in [7, 11) is 1.32. The number of fused-ring (bicyclic) bond motifs is 1.